The molecule has 0 aliphatic heterocycles. The van der Waals surface area contributed by atoms with Crippen molar-refractivity contribution >= 4 is 17.9 Å². The highest BCUT2D eigenvalue weighted by atomic mass is 16.6. The van der Waals surface area contributed by atoms with E-state index < -0.39 is 23.2 Å². The van der Waals surface area contributed by atoms with Gasteiger partial charge in [0.1, 0.15) is 11.4 Å². The Morgan fingerprint density at radius 3 is 2.23 bits per heavy atom. The molecule has 0 radical (unpaired) electrons. The maximum atomic E-state index is 12.0. The van der Waals surface area contributed by atoms with Crippen molar-refractivity contribution in [3.63, 3.8) is 0 Å². The molecule has 1 aromatic rings. The lowest BCUT2D eigenvalue weighted by molar-refractivity contribution is -0.155. The van der Waals surface area contributed by atoms with E-state index in [9.17, 15) is 14.7 Å². The maximum Gasteiger partial charge on any atom is 0.413 e. The molecule has 1 amide bonds. The standard InChI is InChI=1S/C16H24N2O4/c1-11-7-8-12(17-10-11)18(14(20)21)16(5,6)9-13(19)22-15(2,3)4/h7-8,10H,9H2,1-6H3,(H,20,21). The maximum absolute atomic E-state index is 12.0. The Morgan fingerprint density at radius 2 is 1.82 bits per heavy atom. The molecular weight excluding hydrogens is 284 g/mol. The molecule has 22 heavy (non-hydrogen) atoms. The third-order valence-electron chi connectivity index (χ3n) is 2.92. The number of nitrogens with zero attached hydrogens (tertiary/aromatic N) is 2. The van der Waals surface area contributed by atoms with Gasteiger partial charge in [0.15, 0.2) is 0 Å². The fourth-order valence-corrected chi connectivity index (χ4v) is 2.07. The lowest BCUT2D eigenvalue weighted by atomic mass is 9.98. The third kappa shape index (κ3) is 5.02. The number of carboxylic acid groups (broad SMARTS) is 1. The summed E-state index contributed by atoms with van der Waals surface area (Å²) in [7, 11) is 0. The van der Waals surface area contributed by atoms with Gasteiger partial charge in [-0.3, -0.25) is 9.69 Å². The van der Waals surface area contributed by atoms with Gasteiger partial charge in [-0.1, -0.05) is 6.07 Å². The predicted molar refractivity (Wildman–Crippen MR) is 84.0 cm³/mol. The van der Waals surface area contributed by atoms with Gasteiger partial charge in [-0.2, -0.15) is 0 Å². The number of hydrogen-bond donors (Lipinski definition) is 1. The molecule has 1 N–H and O–H groups in total. The smallest absolute Gasteiger partial charge is 0.413 e. The van der Waals surface area contributed by atoms with Crippen LogP contribution in [-0.4, -0.2) is 33.3 Å². The number of carbonyl (C=O) groups excluding carboxylic acids is 1. The summed E-state index contributed by atoms with van der Waals surface area (Å²) in [5.74, 6) is -0.164. The van der Waals surface area contributed by atoms with Crippen LogP contribution in [0.25, 0.3) is 0 Å². The van der Waals surface area contributed by atoms with Crippen molar-refractivity contribution in [1.82, 2.24) is 4.98 Å². The molecule has 0 unspecified atom stereocenters. The number of aromatic nitrogens is 1. The summed E-state index contributed by atoms with van der Waals surface area (Å²) in [4.78, 5) is 28.9. The largest absolute Gasteiger partial charge is 0.465 e. The Kier molecular flexibility index (Phi) is 5.17. The van der Waals surface area contributed by atoms with Gasteiger partial charge < -0.3 is 9.84 Å². The van der Waals surface area contributed by atoms with Gasteiger partial charge in [0, 0.05) is 6.20 Å². The van der Waals surface area contributed by atoms with Crippen molar-refractivity contribution in [2.24, 2.45) is 0 Å². The first-order valence-electron chi connectivity index (χ1n) is 7.10. The first kappa shape index (κ1) is 17.9. The zero-order chi connectivity index (χ0) is 17.1. The molecule has 0 fully saturated rings. The van der Waals surface area contributed by atoms with Crippen LogP contribution in [0.2, 0.25) is 0 Å². The van der Waals surface area contributed by atoms with Gasteiger partial charge in [0.25, 0.3) is 0 Å². The minimum atomic E-state index is -1.16. The highest BCUT2D eigenvalue weighted by molar-refractivity contribution is 5.87. The number of esters is 1. The van der Waals surface area contributed by atoms with Crippen LogP contribution in [-0.2, 0) is 9.53 Å². The van der Waals surface area contributed by atoms with E-state index in [1.54, 1.807) is 52.9 Å². The molecule has 0 aliphatic rings. The van der Waals surface area contributed by atoms with Crippen molar-refractivity contribution < 1.29 is 19.4 Å². The summed E-state index contributed by atoms with van der Waals surface area (Å²) in [6, 6.07) is 3.40. The molecule has 0 atom stereocenters. The zero-order valence-electron chi connectivity index (χ0n) is 14.0. The topological polar surface area (TPSA) is 79.7 Å². The number of amides is 1. The van der Waals surface area contributed by atoms with Gasteiger partial charge in [-0.15, -0.1) is 0 Å². The first-order chi connectivity index (χ1) is 9.92. The van der Waals surface area contributed by atoms with E-state index in [-0.39, 0.29) is 12.2 Å². The molecular formula is C16H24N2O4. The van der Waals surface area contributed by atoms with Gasteiger partial charge in [0.05, 0.1) is 12.0 Å². The van der Waals surface area contributed by atoms with Crippen LogP contribution in [0.3, 0.4) is 0 Å². The zero-order valence-corrected chi connectivity index (χ0v) is 14.0. The molecule has 1 heterocycles. The Bertz CT molecular complexity index is 544. The molecule has 1 rings (SSSR count). The van der Waals surface area contributed by atoms with Crippen molar-refractivity contribution in [2.75, 3.05) is 4.90 Å². The molecule has 0 bridgehead atoms. The van der Waals surface area contributed by atoms with E-state index in [0.717, 1.165) is 10.5 Å². The van der Waals surface area contributed by atoms with E-state index in [0.29, 0.717) is 0 Å². The van der Waals surface area contributed by atoms with Crippen LogP contribution >= 0.6 is 0 Å². The minimum Gasteiger partial charge on any atom is -0.465 e. The van der Waals surface area contributed by atoms with Crippen molar-refractivity contribution in [3.8, 4) is 0 Å². The Hall–Kier alpha value is -2.11. The molecule has 122 valence electrons. The average molecular weight is 308 g/mol. The highest BCUT2D eigenvalue weighted by Gasteiger charge is 2.36. The average Bonchev–Trinajstić information content (AvgIpc) is 2.27. The molecule has 0 spiro atoms. The van der Waals surface area contributed by atoms with Crippen LogP contribution in [0.1, 0.15) is 46.6 Å². The summed E-state index contributed by atoms with van der Waals surface area (Å²) >= 11 is 0. The summed E-state index contributed by atoms with van der Waals surface area (Å²) in [5, 5.41) is 9.51. The third-order valence-corrected chi connectivity index (χ3v) is 2.92. The lowest BCUT2D eigenvalue weighted by Crippen LogP contribution is -2.49. The summed E-state index contributed by atoms with van der Waals surface area (Å²) in [5.41, 5.74) is -0.654. The van der Waals surface area contributed by atoms with E-state index in [1.807, 2.05) is 6.92 Å². The van der Waals surface area contributed by atoms with Gasteiger partial charge in [-0.25, -0.2) is 9.78 Å². The van der Waals surface area contributed by atoms with Crippen LogP contribution in [0.15, 0.2) is 18.3 Å². The lowest BCUT2D eigenvalue weighted by Gasteiger charge is -2.35. The van der Waals surface area contributed by atoms with Crippen molar-refractivity contribution in [2.45, 2.75) is 59.1 Å². The Balaban J connectivity index is 3.01. The molecule has 0 aliphatic carbocycles. The Labute approximate surface area is 131 Å². The SMILES string of the molecule is Cc1ccc(N(C(=O)O)C(C)(C)CC(=O)OC(C)(C)C)nc1. The summed E-state index contributed by atoms with van der Waals surface area (Å²) in [6.07, 6.45) is 0.367. The summed E-state index contributed by atoms with van der Waals surface area (Å²) < 4.78 is 5.28. The molecule has 6 heteroatoms. The molecule has 0 aromatic carbocycles. The minimum absolute atomic E-state index is 0.0634. The number of anilines is 1. The van der Waals surface area contributed by atoms with E-state index >= 15 is 0 Å². The van der Waals surface area contributed by atoms with Gasteiger partial charge >= 0.3 is 12.1 Å². The normalized spacial score (nSPS) is 11.9. The number of hydrogen-bond acceptors (Lipinski definition) is 4. The van der Waals surface area contributed by atoms with Crippen LogP contribution in [0.4, 0.5) is 10.6 Å². The van der Waals surface area contributed by atoms with Crippen LogP contribution in [0.5, 0.6) is 0 Å². The fraction of sp³-hybridized carbons (Fsp3) is 0.562. The first-order valence-corrected chi connectivity index (χ1v) is 7.10. The molecule has 6 nitrogen and oxygen atoms in total. The number of pyridine rings is 1. The van der Waals surface area contributed by atoms with Crippen LogP contribution in [0, 0.1) is 6.92 Å². The molecule has 0 saturated carbocycles. The highest BCUT2D eigenvalue weighted by Crippen LogP contribution is 2.26. The monoisotopic (exact) mass is 308 g/mol. The molecule has 1 aromatic heterocycles. The quantitative estimate of drug-likeness (QED) is 0.862. The van der Waals surface area contributed by atoms with Crippen LogP contribution < -0.4 is 4.90 Å². The second-order valence-corrected chi connectivity index (χ2v) is 6.89. The predicted octanol–water partition coefficient (Wildman–Crippen LogP) is 3.38. The van der Waals surface area contributed by atoms with E-state index in [2.05, 4.69) is 4.98 Å². The fourth-order valence-electron chi connectivity index (χ4n) is 2.07. The molecule has 0 saturated heterocycles. The van der Waals surface area contributed by atoms with Gasteiger partial charge in [-0.05, 0) is 53.2 Å². The van der Waals surface area contributed by atoms with E-state index in [1.165, 1.54) is 0 Å². The summed E-state index contributed by atoms with van der Waals surface area (Å²) in [6.45, 7) is 10.5. The van der Waals surface area contributed by atoms with Gasteiger partial charge in [0.2, 0.25) is 0 Å². The number of carbonyl (C=O) groups is 2. The second-order valence-electron chi connectivity index (χ2n) is 6.89. The number of rotatable bonds is 4. The van der Waals surface area contributed by atoms with Crippen molar-refractivity contribution in [3.05, 3.63) is 23.9 Å². The number of ether oxygens (including phenoxy) is 1. The van der Waals surface area contributed by atoms with E-state index in [4.69, 9.17) is 4.74 Å². The van der Waals surface area contributed by atoms with Crippen molar-refractivity contribution in [1.29, 1.82) is 0 Å². The number of aryl methyl sites for hydroxylation is 1. The Morgan fingerprint density at radius 1 is 1.23 bits per heavy atom. The second kappa shape index (κ2) is 6.34.